The third kappa shape index (κ3) is 10.0. The van der Waals surface area contributed by atoms with E-state index in [4.69, 9.17) is 10.5 Å². The number of ether oxygens (including phenoxy) is 1. The molecule has 3 unspecified atom stereocenters. The second kappa shape index (κ2) is 17.5. The predicted molar refractivity (Wildman–Crippen MR) is 188 cm³/mol. The summed E-state index contributed by atoms with van der Waals surface area (Å²) in [7, 11) is -2.62. The number of methoxy groups -OCH3 is 1. The highest BCUT2D eigenvalue weighted by atomic mass is 32.2. The van der Waals surface area contributed by atoms with Crippen LogP contribution in [0.15, 0.2) is 89.8 Å². The predicted octanol–water partition coefficient (Wildman–Crippen LogP) is 5.29. The quantitative estimate of drug-likeness (QED) is 0.134. The number of nitrogens with zero attached hydrogens (tertiary/aromatic N) is 1. The van der Waals surface area contributed by atoms with E-state index >= 15 is 0 Å². The van der Waals surface area contributed by atoms with Crippen molar-refractivity contribution < 1.29 is 27.9 Å². The van der Waals surface area contributed by atoms with E-state index in [0.29, 0.717) is 31.4 Å². The Bertz CT molecular complexity index is 1510. The normalized spacial score (nSPS) is 15.2. The van der Waals surface area contributed by atoms with Crippen LogP contribution in [0.25, 0.3) is 0 Å². The molecule has 5 N–H and O–H groups in total. The molecule has 0 aromatic heterocycles. The number of nitrogen functional groups attached to an aromatic ring is 1. The Hall–Kier alpha value is -3.93. The molecular weight excluding hydrogens is 628 g/mol. The van der Waals surface area contributed by atoms with Gasteiger partial charge in [-0.25, -0.2) is 13.2 Å². The van der Waals surface area contributed by atoms with E-state index in [2.05, 4.69) is 10.6 Å². The van der Waals surface area contributed by atoms with Crippen LogP contribution < -0.4 is 16.4 Å². The SMILES string of the molecule is COC(=O)NC(C(=O)NC(CCCC(CO)N(CCC(C)C)S(=O)(=O)c1ccc(N)cc1)C1CC1)C(c1ccccc1)c1ccccc1. The number of amides is 2. The lowest BCUT2D eigenvalue weighted by molar-refractivity contribution is -0.124. The molecule has 11 heteroatoms. The third-order valence-corrected chi connectivity index (χ3v) is 11.0. The molecule has 1 aliphatic carbocycles. The van der Waals surface area contributed by atoms with Gasteiger partial charge in [-0.2, -0.15) is 4.31 Å². The van der Waals surface area contributed by atoms with Crippen LogP contribution in [-0.4, -0.2) is 68.2 Å². The topological polar surface area (TPSA) is 151 Å². The van der Waals surface area contributed by atoms with Crippen LogP contribution in [0.5, 0.6) is 0 Å². The number of hydrogen-bond acceptors (Lipinski definition) is 7. The summed E-state index contributed by atoms with van der Waals surface area (Å²) in [6.45, 7) is 4.02. The zero-order valence-corrected chi connectivity index (χ0v) is 28.9. The number of nitrogens with two attached hydrogens (primary N) is 1. The summed E-state index contributed by atoms with van der Waals surface area (Å²) < 4.78 is 33.9. The summed E-state index contributed by atoms with van der Waals surface area (Å²) in [5, 5.41) is 16.5. The average Bonchev–Trinajstić information content (AvgIpc) is 3.93. The summed E-state index contributed by atoms with van der Waals surface area (Å²) in [6, 6.07) is 23.5. The number of aliphatic hydroxyl groups excluding tert-OH is 1. The van der Waals surface area contributed by atoms with Gasteiger partial charge in [-0.05, 0) is 85.8 Å². The van der Waals surface area contributed by atoms with Gasteiger partial charge >= 0.3 is 6.09 Å². The number of hydrogen-bond donors (Lipinski definition) is 4. The number of rotatable bonds is 18. The number of benzene rings is 3. The number of carbonyl (C=O) groups is 2. The Labute approximate surface area is 285 Å². The van der Waals surface area contributed by atoms with Gasteiger partial charge in [0.2, 0.25) is 15.9 Å². The fourth-order valence-corrected chi connectivity index (χ4v) is 7.80. The molecule has 0 bridgehead atoms. The molecule has 0 radical (unpaired) electrons. The van der Waals surface area contributed by atoms with Crippen molar-refractivity contribution in [3.8, 4) is 0 Å². The van der Waals surface area contributed by atoms with Gasteiger partial charge in [0.15, 0.2) is 0 Å². The summed E-state index contributed by atoms with van der Waals surface area (Å²) in [5.74, 6) is -0.246. The van der Waals surface area contributed by atoms with E-state index in [1.807, 2.05) is 74.5 Å². The van der Waals surface area contributed by atoms with Gasteiger partial charge in [-0.3, -0.25) is 4.79 Å². The highest BCUT2D eigenvalue weighted by Crippen LogP contribution is 2.36. The van der Waals surface area contributed by atoms with E-state index in [1.54, 1.807) is 12.1 Å². The van der Waals surface area contributed by atoms with E-state index in [9.17, 15) is 23.1 Å². The lowest BCUT2D eigenvalue weighted by Gasteiger charge is -2.31. The molecule has 3 aromatic carbocycles. The van der Waals surface area contributed by atoms with E-state index in [1.165, 1.54) is 23.5 Å². The van der Waals surface area contributed by atoms with Crippen molar-refractivity contribution in [3.05, 3.63) is 96.1 Å². The summed E-state index contributed by atoms with van der Waals surface area (Å²) >= 11 is 0. The Morgan fingerprint density at radius 1 is 0.896 bits per heavy atom. The summed E-state index contributed by atoms with van der Waals surface area (Å²) in [5.41, 5.74) is 8.02. The smallest absolute Gasteiger partial charge is 0.407 e. The molecule has 10 nitrogen and oxygen atoms in total. The zero-order valence-electron chi connectivity index (χ0n) is 28.1. The largest absolute Gasteiger partial charge is 0.453 e. The molecule has 3 aromatic rings. The van der Waals surface area contributed by atoms with E-state index in [0.717, 1.165) is 24.0 Å². The van der Waals surface area contributed by atoms with Crippen LogP contribution in [0, 0.1) is 11.8 Å². The molecule has 0 heterocycles. The van der Waals surface area contributed by atoms with Crippen LogP contribution in [0.1, 0.15) is 69.4 Å². The molecule has 3 atom stereocenters. The summed E-state index contributed by atoms with van der Waals surface area (Å²) in [4.78, 5) is 26.8. The minimum atomic E-state index is -3.89. The molecule has 48 heavy (non-hydrogen) atoms. The molecule has 2 amide bonds. The monoisotopic (exact) mass is 678 g/mol. The molecule has 0 saturated heterocycles. The van der Waals surface area contributed by atoms with Crippen LogP contribution in [0.4, 0.5) is 10.5 Å². The van der Waals surface area contributed by atoms with Crippen molar-refractivity contribution in [3.63, 3.8) is 0 Å². The van der Waals surface area contributed by atoms with Gasteiger partial charge in [-0.1, -0.05) is 74.5 Å². The first kappa shape index (κ1) is 36.9. The number of nitrogens with one attached hydrogen (secondary N) is 2. The minimum Gasteiger partial charge on any atom is -0.453 e. The fourth-order valence-electron chi connectivity index (χ4n) is 6.14. The maximum Gasteiger partial charge on any atom is 0.407 e. The van der Waals surface area contributed by atoms with Gasteiger partial charge in [0.1, 0.15) is 6.04 Å². The number of carbonyl (C=O) groups excluding carboxylic acids is 2. The van der Waals surface area contributed by atoms with Crippen LogP contribution in [0.3, 0.4) is 0 Å². The van der Waals surface area contributed by atoms with E-state index in [-0.39, 0.29) is 41.8 Å². The first-order valence-electron chi connectivity index (χ1n) is 16.8. The standard InChI is InChI=1S/C37H50N4O6S/c1-26(2)23-24-41(48(45,46)32-21-19-30(38)20-22-32)31(25-42)15-10-16-33(27-17-18-27)39-36(43)35(40-37(44)47-3)34(28-11-6-4-7-12-28)29-13-8-5-9-14-29/h4-9,11-14,19-22,26-27,31,33-35,42H,10,15-18,23-25,38H2,1-3H3,(H,39,43)(H,40,44). The molecule has 4 rings (SSSR count). The van der Waals surface area contributed by atoms with Crippen LogP contribution >= 0.6 is 0 Å². The number of aliphatic hydroxyl groups is 1. The molecule has 260 valence electrons. The maximum absolute atomic E-state index is 14.1. The highest BCUT2D eigenvalue weighted by Gasteiger charge is 2.38. The zero-order chi connectivity index (χ0) is 34.7. The van der Waals surface area contributed by atoms with Gasteiger partial charge < -0.3 is 26.2 Å². The third-order valence-electron chi connectivity index (χ3n) is 8.99. The van der Waals surface area contributed by atoms with Crippen molar-refractivity contribution in [2.75, 3.05) is 26.0 Å². The molecule has 1 saturated carbocycles. The number of anilines is 1. The Morgan fingerprint density at radius 2 is 1.48 bits per heavy atom. The van der Waals surface area contributed by atoms with Crippen molar-refractivity contribution in [2.45, 2.75) is 81.3 Å². The molecule has 0 spiro atoms. The second-order valence-corrected chi connectivity index (χ2v) is 14.9. The minimum absolute atomic E-state index is 0.137. The molecular formula is C37H50N4O6S. The van der Waals surface area contributed by atoms with Crippen LogP contribution in [-0.2, 0) is 19.6 Å². The second-order valence-electron chi connectivity index (χ2n) is 13.0. The fraction of sp³-hybridized carbons (Fsp3) is 0.459. The van der Waals surface area contributed by atoms with Gasteiger partial charge in [0, 0.05) is 30.2 Å². The Balaban J connectivity index is 1.52. The molecule has 1 aliphatic rings. The lowest BCUT2D eigenvalue weighted by Crippen LogP contribution is -2.53. The van der Waals surface area contributed by atoms with E-state index < -0.39 is 34.1 Å². The van der Waals surface area contributed by atoms with Gasteiger partial charge in [0.25, 0.3) is 0 Å². The van der Waals surface area contributed by atoms with Crippen molar-refractivity contribution >= 4 is 27.7 Å². The van der Waals surface area contributed by atoms with Crippen molar-refractivity contribution in [2.24, 2.45) is 11.8 Å². The lowest BCUT2D eigenvalue weighted by atomic mass is 9.84. The maximum atomic E-state index is 14.1. The van der Waals surface area contributed by atoms with Crippen molar-refractivity contribution in [1.82, 2.24) is 14.9 Å². The number of alkyl carbamates (subject to hydrolysis) is 1. The molecule has 0 aliphatic heterocycles. The first-order chi connectivity index (χ1) is 23.0. The summed E-state index contributed by atoms with van der Waals surface area (Å²) in [6.07, 6.45) is 3.47. The van der Waals surface area contributed by atoms with Gasteiger partial charge in [0.05, 0.1) is 18.6 Å². The Morgan fingerprint density at radius 3 is 1.98 bits per heavy atom. The van der Waals surface area contributed by atoms with Crippen LogP contribution in [0.2, 0.25) is 0 Å². The highest BCUT2D eigenvalue weighted by molar-refractivity contribution is 7.89. The number of sulfonamides is 1. The van der Waals surface area contributed by atoms with Crippen molar-refractivity contribution in [1.29, 1.82) is 0 Å². The Kier molecular flexibility index (Phi) is 13.4. The molecule has 1 fully saturated rings. The average molecular weight is 679 g/mol. The first-order valence-corrected chi connectivity index (χ1v) is 18.2. The van der Waals surface area contributed by atoms with Gasteiger partial charge in [-0.15, -0.1) is 0 Å².